The summed E-state index contributed by atoms with van der Waals surface area (Å²) in [6.45, 7) is 2.09. The Hall–Kier alpha value is -2.54. The van der Waals surface area contributed by atoms with Gasteiger partial charge in [0.2, 0.25) is 0 Å². The summed E-state index contributed by atoms with van der Waals surface area (Å²) in [7, 11) is 0. The quantitative estimate of drug-likeness (QED) is 0.435. The zero-order valence-electron chi connectivity index (χ0n) is 11.3. The Morgan fingerprint density at radius 2 is 1.55 bits per heavy atom. The topological polar surface area (TPSA) is 13.1 Å². The fourth-order valence-electron chi connectivity index (χ4n) is 2.85. The molecule has 1 heteroatoms. The smallest absolute Gasteiger partial charge is 0.138 e. The van der Waals surface area contributed by atoms with Gasteiger partial charge in [-0.15, -0.1) is 0 Å². The van der Waals surface area contributed by atoms with Gasteiger partial charge in [0.25, 0.3) is 0 Å². The molecule has 0 fully saturated rings. The van der Waals surface area contributed by atoms with Crippen LogP contribution in [0.1, 0.15) is 5.56 Å². The van der Waals surface area contributed by atoms with E-state index in [-0.39, 0.29) is 0 Å². The van der Waals surface area contributed by atoms with Gasteiger partial charge in [-0.3, -0.25) is 0 Å². The Balaban J connectivity index is 2.17. The highest BCUT2D eigenvalue weighted by molar-refractivity contribution is 6.12. The van der Waals surface area contributed by atoms with Crippen molar-refractivity contribution in [2.24, 2.45) is 0 Å². The molecule has 4 aromatic rings. The van der Waals surface area contributed by atoms with Crippen LogP contribution in [0.4, 0.5) is 0 Å². The number of fused-ring (bicyclic) bond motifs is 3. The lowest BCUT2D eigenvalue weighted by molar-refractivity contribution is 0.666. The summed E-state index contributed by atoms with van der Waals surface area (Å²) >= 11 is 0. The van der Waals surface area contributed by atoms with E-state index in [0.717, 1.165) is 11.2 Å². The maximum absolute atomic E-state index is 6.05. The minimum absolute atomic E-state index is 0.954. The largest absolute Gasteiger partial charge is 0.456 e. The van der Waals surface area contributed by atoms with E-state index in [1.165, 1.54) is 27.5 Å². The van der Waals surface area contributed by atoms with Crippen LogP contribution in [0, 0.1) is 6.92 Å². The third kappa shape index (κ3) is 1.56. The standard InChI is InChI=1S/C19H14O/c1-13-7-5-11-16-18-15(14-8-3-2-4-9-14)10-6-12-17(18)20-19(13)16/h2-12H,1H3. The van der Waals surface area contributed by atoms with Gasteiger partial charge < -0.3 is 4.42 Å². The van der Waals surface area contributed by atoms with Crippen LogP contribution in [-0.4, -0.2) is 0 Å². The third-order valence-corrected chi connectivity index (χ3v) is 3.80. The molecule has 0 atom stereocenters. The Bertz CT molecular complexity index is 901. The van der Waals surface area contributed by atoms with Gasteiger partial charge in [0.15, 0.2) is 0 Å². The van der Waals surface area contributed by atoms with E-state index in [9.17, 15) is 0 Å². The van der Waals surface area contributed by atoms with E-state index in [4.69, 9.17) is 4.42 Å². The predicted octanol–water partition coefficient (Wildman–Crippen LogP) is 5.56. The van der Waals surface area contributed by atoms with Crippen molar-refractivity contribution in [3.63, 3.8) is 0 Å². The molecule has 0 spiro atoms. The highest BCUT2D eigenvalue weighted by atomic mass is 16.3. The van der Waals surface area contributed by atoms with Crippen molar-refractivity contribution in [2.45, 2.75) is 6.92 Å². The summed E-state index contributed by atoms with van der Waals surface area (Å²) in [5.74, 6) is 0. The van der Waals surface area contributed by atoms with Crippen molar-refractivity contribution in [3.8, 4) is 11.1 Å². The Labute approximate surface area is 117 Å². The van der Waals surface area contributed by atoms with E-state index in [1.54, 1.807) is 0 Å². The molecule has 1 heterocycles. The summed E-state index contributed by atoms with van der Waals surface area (Å²) in [5, 5.41) is 2.40. The SMILES string of the molecule is Cc1cccc2c1oc1cccc(-c3ccccc3)c12. The van der Waals surface area contributed by atoms with Gasteiger partial charge in [0, 0.05) is 10.8 Å². The van der Waals surface area contributed by atoms with Gasteiger partial charge in [0.05, 0.1) is 0 Å². The number of aryl methyl sites for hydroxylation is 1. The van der Waals surface area contributed by atoms with Gasteiger partial charge in [-0.05, 0) is 29.7 Å². The second kappa shape index (κ2) is 4.24. The monoisotopic (exact) mass is 258 g/mol. The molecule has 20 heavy (non-hydrogen) atoms. The Morgan fingerprint density at radius 3 is 2.40 bits per heavy atom. The maximum Gasteiger partial charge on any atom is 0.138 e. The second-order valence-electron chi connectivity index (χ2n) is 5.10. The molecule has 4 rings (SSSR count). The van der Waals surface area contributed by atoms with Gasteiger partial charge in [-0.25, -0.2) is 0 Å². The first-order valence-corrected chi connectivity index (χ1v) is 6.81. The average molecular weight is 258 g/mol. The molecule has 0 bridgehead atoms. The zero-order chi connectivity index (χ0) is 13.5. The summed E-state index contributed by atoms with van der Waals surface area (Å²) < 4.78 is 6.05. The van der Waals surface area contributed by atoms with Crippen molar-refractivity contribution in [2.75, 3.05) is 0 Å². The summed E-state index contributed by atoms with van der Waals surface area (Å²) in [6, 6.07) is 23.1. The van der Waals surface area contributed by atoms with Crippen molar-refractivity contribution >= 4 is 21.9 Å². The number of benzene rings is 3. The van der Waals surface area contributed by atoms with Crippen molar-refractivity contribution < 1.29 is 4.42 Å². The van der Waals surface area contributed by atoms with E-state index >= 15 is 0 Å². The summed E-state index contributed by atoms with van der Waals surface area (Å²) in [6.07, 6.45) is 0. The molecule has 3 aromatic carbocycles. The van der Waals surface area contributed by atoms with Gasteiger partial charge in [-0.1, -0.05) is 60.7 Å². The molecule has 1 nitrogen and oxygen atoms in total. The average Bonchev–Trinajstić information content (AvgIpc) is 2.88. The molecule has 0 aliphatic heterocycles. The predicted molar refractivity (Wildman–Crippen MR) is 83.9 cm³/mol. The van der Waals surface area contributed by atoms with E-state index in [0.29, 0.717) is 0 Å². The number of rotatable bonds is 1. The molecule has 1 aromatic heterocycles. The van der Waals surface area contributed by atoms with Crippen LogP contribution in [0.2, 0.25) is 0 Å². The molecule has 0 unspecified atom stereocenters. The Kier molecular flexibility index (Phi) is 2.40. The van der Waals surface area contributed by atoms with E-state index < -0.39 is 0 Å². The van der Waals surface area contributed by atoms with Crippen LogP contribution in [-0.2, 0) is 0 Å². The van der Waals surface area contributed by atoms with Gasteiger partial charge >= 0.3 is 0 Å². The highest BCUT2D eigenvalue weighted by Gasteiger charge is 2.12. The van der Waals surface area contributed by atoms with Crippen LogP contribution in [0.3, 0.4) is 0 Å². The first-order chi connectivity index (χ1) is 9.84. The van der Waals surface area contributed by atoms with Crippen LogP contribution >= 0.6 is 0 Å². The first-order valence-electron chi connectivity index (χ1n) is 6.81. The number of hydrogen-bond acceptors (Lipinski definition) is 1. The molecular formula is C19H14O. The number of furan rings is 1. The highest BCUT2D eigenvalue weighted by Crippen LogP contribution is 2.37. The normalized spacial score (nSPS) is 11.2. The first kappa shape index (κ1) is 11.3. The molecule has 0 saturated heterocycles. The van der Waals surface area contributed by atoms with Crippen LogP contribution in [0.15, 0.2) is 71.1 Å². The molecular weight excluding hydrogens is 244 g/mol. The molecule has 0 radical (unpaired) electrons. The van der Waals surface area contributed by atoms with Crippen LogP contribution < -0.4 is 0 Å². The van der Waals surface area contributed by atoms with Gasteiger partial charge in [-0.2, -0.15) is 0 Å². The maximum atomic E-state index is 6.05. The molecule has 96 valence electrons. The van der Waals surface area contributed by atoms with E-state index in [1.807, 2.05) is 12.1 Å². The molecule has 0 aliphatic rings. The third-order valence-electron chi connectivity index (χ3n) is 3.80. The summed E-state index contributed by atoms with van der Waals surface area (Å²) in [5.41, 5.74) is 5.58. The number of para-hydroxylation sites is 1. The van der Waals surface area contributed by atoms with Gasteiger partial charge in [0.1, 0.15) is 11.2 Å². The summed E-state index contributed by atoms with van der Waals surface area (Å²) in [4.78, 5) is 0. The van der Waals surface area contributed by atoms with Crippen molar-refractivity contribution in [3.05, 3.63) is 72.3 Å². The zero-order valence-corrected chi connectivity index (χ0v) is 11.3. The number of hydrogen-bond donors (Lipinski definition) is 0. The molecule has 0 aliphatic carbocycles. The van der Waals surface area contributed by atoms with E-state index in [2.05, 4.69) is 61.5 Å². The molecule has 0 amide bonds. The fraction of sp³-hybridized carbons (Fsp3) is 0.0526. The lowest BCUT2D eigenvalue weighted by Gasteiger charge is -2.03. The Morgan fingerprint density at radius 1 is 0.750 bits per heavy atom. The van der Waals surface area contributed by atoms with Crippen LogP contribution in [0.25, 0.3) is 33.1 Å². The van der Waals surface area contributed by atoms with Crippen molar-refractivity contribution in [1.82, 2.24) is 0 Å². The minimum Gasteiger partial charge on any atom is -0.456 e. The minimum atomic E-state index is 0.954. The second-order valence-corrected chi connectivity index (χ2v) is 5.10. The molecule has 0 saturated carbocycles. The lowest BCUT2D eigenvalue weighted by atomic mass is 9.99. The van der Waals surface area contributed by atoms with Crippen LogP contribution in [0.5, 0.6) is 0 Å². The fourth-order valence-corrected chi connectivity index (χ4v) is 2.85. The lowest BCUT2D eigenvalue weighted by Crippen LogP contribution is -1.78. The molecule has 0 N–H and O–H groups in total. The van der Waals surface area contributed by atoms with Crippen molar-refractivity contribution in [1.29, 1.82) is 0 Å².